The summed E-state index contributed by atoms with van der Waals surface area (Å²) in [5.41, 5.74) is 5.98. The maximum atomic E-state index is 14.0. The topological polar surface area (TPSA) is 97.6 Å². The average Bonchev–Trinajstić information content (AvgIpc) is 2.86. The summed E-state index contributed by atoms with van der Waals surface area (Å²) >= 11 is 5.86. The molecule has 2 aromatic heterocycles. The minimum Gasteiger partial charge on any atom is -0.363 e. The van der Waals surface area contributed by atoms with Crippen molar-refractivity contribution in [2.45, 2.75) is 6.42 Å². The second kappa shape index (κ2) is 5.10. The summed E-state index contributed by atoms with van der Waals surface area (Å²) in [6.45, 7) is 0. The number of pyridine rings is 1. The first-order chi connectivity index (χ1) is 10.0. The molecule has 2 heterocycles. The van der Waals surface area contributed by atoms with Gasteiger partial charge < -0.3 is 10.7 Å². The van der Waals surface area contributed by atoms with E-state index in [0.29, 0.717) is 21.8 Å². The number of nitrogens with one attached hydrogen (secondary N) is 1. The Kier molecular flexibility index (Phi) is 3.26. The number of amides is 1. The van der Waals surface area contributed by atoms with E-state index in [4.69, 9.17) is 17.3 Å². The maximum absolute atomic E-state index is 14.0. The Morgan fingerprint density at radius 3 is 2.86 bits per heavy atom. The highest BCUT2D eigenvalue weighted by Crippen LogP contribution is 2.22. The summed E-state index contributed by atoms with van der Waals surface area (Å²) in [6, 6.07) is 4.74. The third kappa shape index (κ3) is 2.68. The fraction of sp³-hybridized carbons (Fsp3) is 0.0769. The SMILES string of the molecule is NC(=O)c1nnc(Cc2cc(F)c3ncc(Cl)cc3c2)[nH]1. The molecule has 6 nitrogen and oxygen atoms in total. The first-order valence-corrected chi connectivity index (χ1v) is 6.36. The molecule has 1 aromatic carbocycles. The van der Waals surface area contributed by atoms with E-state index in [1.807, 2.05) is 0 Å². The van der Waals surface area contributed by atoms with Gasteiger partial charge in [-0.1, -0.05) is 11.6 Å². The van der Waals surface area contributed by atoms with Gasteiger partial charge in [0.2, 0.25) is 5.82 Å². The Morgan fingerprint density at radius 2 is 2.14 bits per heavy atom. The van der Waals surface area contributed by atoms with Crippen molar-refractivity contribution < 1.29 is 9.18 Å². The molecule has 0 aliphatic rings. The van der Waals surface area contributed by atoms with E-state index in [1.54, 1.807) is 12.1 Å². The number of primary amides is 1. The van der Waals surface area contributed by atoms with E-state index in [0.717, 1.165) is 0 Å². The van der Waals surface area contributed by atoms with E-state index in [9.17, 15) is 9.18 Å². The maximum Gasteiger partial charge on any atom is 0.286 e. The van der Waals surface area contributed by atoms with Crippen LogP contribution in [0.5, 0.6) is 0 Å². The van der Waals surface area contributed by atoms with Crippen molar-refractivity contribution in [3.8, 4) is 0 Å². The van der Waals surface area contributed by atoms with Gasteiger partial charge in [0.25, 0.3) is 5.91 Å². The number of H-pyrrole nitrogens is 1. The number of halogens is 2. The summed E-state index contributed by atoms with van der Waals surface area (Å²) in [5, 5.41) is 8.41. The van der Waals surface area contributed by atoms with Crippen LogP contribution in [0.25, 0.3) is 10.9 Å². The molecule has 3 rings (SSSR count). The van der Waals surface area contributed by atoms with Crippen LogP contribution in [0.4, 0.5) is 4.39 Å². The van der Waals surface area contributed by atoms with Crippen molar-refractivity contribution in [2.24, 2.45) is 5.73 Å². The molecule has 3 N–H and O–H groups in total. The number of benzene rings is 1. The third-order valence-electron chi connectivity index (χ3n) is 2.90. The van der Waals surface area contributed by atoms with Gasteiger partial charge in [0.1, 0.15) is 17.2 Å². The average molecular weight is 306 g/mol. The van der Waals surface area contributed by atoms with Gasteiger partial charge in [0, 0.05) is 18.0 Å². The van der Waals surface area contributed by atoms with Gasteiger partial charge >= 0.3 is 0 Å². The lowest BCUT2D eigenvalue weighted by atomic mass is 10.1. The number of aromatic amines is 1. The molecule has 0 saturated carbocycles. The number of aromatic nitrogens is 4. The van der Waals surface area contributed by atoms with Gasteiger partial charge in [-0.2, -0.15) is 0 Å². The van der Waals surface area contributed by atoms with Crippen LogP contribution in [-0.2, 0) is 6.42 Å². The molecule has 3 aromatic rings. The first-order valence-electron chi connectivity index (χ1n) is 5.98. The number of nitrogens with zero attached hydrogens (tertiary/aromatic N) is 3. The zero-order valence-corrected chi connectivity index (χ0v) is 11.4. The standard InChI is InChI=1S/C13H9ClFN5O/c14-8-4-7-1-6(2-9(15)11(7)17-5-8)3-10-18-13(12(16)21)20-19-10/h1-2,4-5H,3H2,(H2,16,21)(H,18,19,20). The summed E-state index contributed by atoms with van der Waals surface area (Å²) in [6.07, 6.45) is 1.67. The van der Waals surface area contributed by atoms with Crippen molar-refractivity contribution in [1.29, 1.82) is 0 Å². The minimum absolute atomic E-state index is 0.0315. The monoisotopic (exact) mass is 305 g/mol. The van der Waals surface area contributed by atoms with Crippen LogP contribution in [0.1, 0.15) is 22.0 Å². The fourth-order valence-electron chi connectivity index (χ4n) is 2.02. The zero-order chi connectivity index (χ0) is 15.0. The summed E-state index contributed by atoms with van der Waals surface area (Å²) < 4.78 is 14.0. The van der Waals surface area contributed by atoms with Gasteiger partial charge in [0.05, 0.1) is 5.02 Å². The number of hydrogen-bond donors (Lipinski definition) is 2. The molecule has 0 unspecified atom stereocenters. The quantitative estimate of drug-likeness (QED) is 0.771. The molecule has 0 radical (unpaired) electrons. The molecule has 21 heavy (non-hydrogen) atoms. The number of rotatable bonds is 3. The molecular weight excluding hydrogens is 297 g/mol. The van der Waals surface area contributed by atoms with Crippen molar-refractivity contribution in [2.75, 3.05) is 0 Å². The van der Waals surface area contributed by atoms with Crippen LogP contribution >= 0.6 is 11.6 Å². The number of carbonyl (C=O) groups excluding carboxylic acids is 1. The van der Waals surface area contributed by atoms with E-state index in [2.05, 4.69) is 20.2 Å². The molecule has 8 heteroatoms. The molecular formula is C13H9ClFN5O. The van der Waals surface area contributed by atoms with Crippen molar-refractivity contribution in [3.05, 3.63) is 52.4 Å². The number of hydrogen-bond acceptors (Lipinski definition) is 4. The van der Waals surface area contributed by atoms with Crippen molar-refractivity contribution in [1.82, 2.24) is 20.2 Å². The Bertz CT molecular complexity index is 848. The molecule has 1 amide bonds. The third-order valence-corrected chi connectivity index (χ3v) is 3.11. The predicted octanol–water partition coefficient (Wildman–Crippen LogP) is 1.84. The number of fused-ring (bicyclic) bond motifs is 1. The van der Waals surface area contributed by atoms with E-state index in [-0.39, 0.29) is 17.8 Å². The van der Waals surface area contributed by atoms with Gasteiger partial charge in [0.15, 0.2) is 0 Å². The highest BCUT2D eigenvalue weighted by Gasteiger charge is 2.11. The smallest absolute Gasteiger partial charge is 0.286 e. The molecule has 0 bridgehead atoms. The largest absolute Gasteiger partial charge is 0.363 e. The predicted molar refractivity (Wildman–Crippen MR) is 74.4 cm³/mol. The molecule has 106 valence electrons. The number of carbonyl (C=O) groups is 1. The minimum atomic E-state index is -0.700. The van der Waals surface area contributed by atoms with Crippen LogP contribution in [0.2, 0.25) is 5.02 Å². The molecule has 0 spiro atoms. The lowest BCUT2D eigenvalue weighted by Gasteiger charge is -2.03. The van der Waals surface area contributed by atoms with Gasteiger partial charge in [-0.25, -0.2) is 4.39 Å². The Labute approximate surface area is 123 Å². The highest BCUT2D eigenvalue weighted by atomic mass is 35.5. The second-order valence-electron chi connectivity index (χ2n) is 4.46. The van der Waals surface area contributed by atoms with Crippen LogP contribution < -0.4 is 5.73 Å². The van der Waals surface area contributed by atoms with Crippen LogP contribution in [0, 0.1) is 5.82 Å². The summed E-state index contributed by atoms with van der Waals surface area (Å²) in [7, 11) is 0. The fourth-order valence-corrected chi connectivity index (χ4v) is 2.19. The highest BCUT2D eigenvalue weighted by molar-refractivity contribution is 6.31. The van der Waals surface area contributed by atoms with Crippen molar-refractivity contribution >= 4 is 28.4 Å². The zero-order valence-electron chi connectivity index (χ0n) is 10.6. The van der Waals surface area contributed by atoms with Gasteiger partial charge in [-0.05, 0) is 23.8 Å². The van der Waals surface area contributed by atoms with E-state index in [1.165, 1.54) is 12.3 Å². The first kappa shape index (κ1) is 13.4. The normalized spacial score (nSPS) is 11.0. The van der Waals surface area contributed by atoms with E-state index >= 15 is 0 Å². The van der Waals surface area contributed by atoms with Gasteiger partial charge in [-0.15, -0.1) is 10.2 Å². The Morgan fingerprint density at radius 1 is 1.33 bits per heavy atom. The number of nitrogens with two attached hydrogens (primary N) is 1. The molecule has 0 aliphatic carbocycles. The molecule has 0 atom stereocenters. The second-order valence-corrected chi connectivity index (χ2v) is 4.90. The summed E-state index contributed by atoms with van der Waals surface area (Å²) in [5.74, 6) is -0.767. The molecule has 0 fully saturated rings. The Hall–Kier alpha value is -2.54. The summed E-state index contributed by atoms with van der Waals surface area (Å²) in [4.78, 5) is 17.6. The van der Waals surface area contributed by atoms with Crippen LogP contribution in [0.15, 0.2) is 24.4 Å². The lowest BCUT2D eigenvalue weighted by molar-refractivity contribution is 0.0991. The van der Waals surface area contributed by atoms with Crippen LogP contribution in [0.3, 0.4) is 0 Å². The lowest BCUT2D eigenvalue weighted by Crippen LogP contribution is -2.12. The Balaban J connectivity index is 1.98. The van der Waals surface area contributed by atoms with E-state index < -0.39 is 11.7 Å². The van der Waals surface area contributed by atoms with Gasteiger partial charge in [-0.3, -0.25) is 9.78 Å². The van der Waals surface area contributed by atoms with Crippen molar-refractivity contribution in [3.63, 3.8) is 0 Å². The molecule has 0 saturated heterocycles. The van der Waals surface area contributed by atoms with Crippen LogP contribution in [-0.4, -0.2) is 26.1 Å². The molecule has 0 aliphatic heterocycles.